The SMILES string of the molecule is CCCCCNc1nc(N)nc2ccn(Cc3ccc(CN4CCN(C(=O)CCOCCNC(=O)CON=C5CSCSC5)CC4)cc3OC)c12. The highest BCUT2D eigenvalue weighted by Gasteiger charge is 2.21. The fraction of sp³-hybridized carbons (Fsp3) is 0.571. The Morgan fingerprint density at radius 1 is 1.02 bits per heavy atom. The molecule has 0 atom stereocenters. The minimum absolute atomic E-state index is 0.0844. The van der Waals surface area contributed by atoms with Crippen LogP contribution < -0.4 is 21.1 Å². The Morgan fingerprint density at radius 3 is 2.63 bits per heavy atom. The molecule has 0 aliphatic carbocycles. The van der Waals surface area contributed by atoms with E-state index >= 15 is 0 Å². The number of benzene rings is 1. The Morgan fingerprint density at radius 2 is 1.84 bits per heavy atom. The van der Waals surface area contributed by atoms with Crippen molar-refractivity contribution in [3.05, 3.63) is 41.6 Å². The molecule has 278 valence electrons. The van der Waals surface area contributed by atoms with Gasteiger partial charge in [0, 0.05) is 74.2 Å². The van der Waals surface area contributed by atoms with Crippen molar-refractivity contribution in [1.82, 2.24) is 29.7 Å². The minimum Gasteiger partial charge on any atom is -0.496 e. The van der Waals surface area contributed by atoms with Crippen molar-refractivity contribution in [3.63, 3.8) is 0 Å². The van der Waals surface area contributed by atoms with Crippen LogP contribution in [0.3, 0.4) is 0 Å². The third-order valence-electron chi connectivity index (χ3n) is 8.65. The first-order valence-corrected chi connectivity index (χ1v) is 19.9. The molecule has 16 heteroatoms. The zero-order chi connectivity index (χ0) is 35.8. The number of carbonyl (C=O) groups excluding carboxylic acids is 2. The van der Waals surface area contributed by atoms with Crippen LogP contribution in [0.25, 0.3) is 11.0 Å². The Labute approximate surface area is 308 Å². The highest BCUT2D eigenvalue weighted by atomic mass is 32.2. The quantitative estimate of drug-likeness (QED) is 0.121. The maximum absolute atomic E-state index is 12.8. The Bertz CT molecular complexity index is 1610. The molecule has 2 aromatic heterocycles. The number of nitrogens with two attached hydrogens (primary N) is 1. The topological polar surface area (TPSA) is 161 Å². The van der Waals surface area contributed by atoms with Crippen LogP contribution in [0, 0.1) is 0 Å². The van der Waals surface area contributed by atoms with E-state index in [0.29, 0.717) is 45.8 Å². The van der Waals surface area contributed by atoms with Crippen molar-refractivity contribution < 1.29 is 23.9 Å². The number of carbonyl (C=O) groups is 2. The van der Waals surface area contributed by atoms with Gasteiger partial charge in [-0.3, -0.25) is 14.5 Å². The van der Waals surface area contributed by atoms with Crippen LogP contribution in [0.4, 0.5) is 11.8 Å². The van der Waals surface area contributed by atoms with E-state index < -0.39 is 0 Å². The molecule has 0 unspecified atom stereocenters. The zero-order valence-corrected chi connectivity index (χ0v) is 31.4. The summed E-state index contributed by atoms with van der Waals surface area (Å²) in [6.45, 7) is 8.22. The van der Waals surface area contributed by atoms with Gasteiger partial charge >= 0.3 is 0 Å². The molecular weight excluding hydrogens is 691 g/mol. The lowest BCUT2D eigenvalue weighted by Gasteiger charge is -2.35. The maximum Gasteiger partial charge on any atom is 0.260 e. The van der Waals surface area contributed by atoms with Gasteiger partial charge in [0.25, 0.3) is 5.91 Å². The molecule has 2 fully saturated rings. The van der Waals surface area contributed by atoms with Gasteiger partial charge in [-0.2, -0.15) is 4.98 Å². The minimum atomic E-state index is -0.241. The van der Waals surface area contributed by atoms with E-state index in [4.69, 9.17) is 20.0 Å². The predicted octanol–water partition coefficient (Wildman–Crippen LogP) is 3.65. The molecule has 51 heavy (non-hydrogen) atoms. The van der Waals surface area contributed by atoms with Crippen molar-refractivity contribution >= 4 is 63.8 Å². The number of unbranched alkanes of at least 4 members (excludes halogenated alkanes) is 2. The molecule has 14 nitrogen and oxygen atoms in total. The highest BCUT2D eigenvalue weighted by Crippen LogP contribution is 2.28. The average Bonchev–Trinajstić information content (AvgIpc) is 3.54. The van der Waals surface area contributed by atoms with Crippen LogP contribution in [0.2, 0.25) is 0 Å². The second kappa shape index (κ2) is 20.3. The second-order valence-electron chi connectivity index (χ2n) is 12.5. The summed E-state index contributed by atoms with van der Waals surface area (Å²) in [6, 6.07) is 8.35. The van der Waals surface area contributed by atoms with Crippen molar-refractivity contribution in [2.75, 3.05) is 93.8 Å². The lowest BCUT2D eigenvalue weighted by Crippen LogP contribution is -2.48. The van der Waals surface area contributed by atoms with E-state index in [9.17, 15) is 9.59 Å². The van der Waals surface area contributed by atoms with Gasteiger partial charge in [0.2, 0.25) is 11.9 Å². The summed E-state index contributed by atoms with van der Waals surface area (Å²) in [7, 11) is 1.70. The highest BCUT2D eigenvalue weighted by molar-refractivity contribution is 8.17. The van der Waals surface area contributed by atoms with E-state index in [1.165, 1.54) is 0 Å². The average molecular weight is 742 g/mol. The molecule has 2 saturated heterocycles. The largest absolute Gasteiger partial charge is 0.496 e. The van der Waals surface area contributed by atoms with Crippen molar-refractivity contribution in [3.8, 4) is 5.75 Å². The first-order valence-electron chi connectivity index (χ1n) is 17.6. The number of nitrogens with one attached hydrogen (secondary N) is 2. The fourth-order valence-electron chi connectivity index (χ4n) is 5.96. The Balaban J connectivity index is 1.01. The molecular formula is C35H51N9O5S2. The van der Waals surface area contributed by atoms with Crippen molar-refractivity contribution in [1.29, 1.82) is 0 Å². The van der Waals surface area contributed by atoms with Crippen molar-refractivity contribution in [2.45, 2.75) is 45.7 Å². The van der Waals surface area contributed by atoms with Crippen LogP contribution in [0.5, 0.6) is 5.75 Å². The summed E-state index contributed by atoms with van der Waals surface area (Å²) >= 11 is 3.59. The van der Waals surface area contributed by atoms with Gasteiger partial charge in [0.05, 0.1) is 44.5 Å². The summed E-state index contributed by atoms with van der Waals surface area (Å²) in [6.07, 6.45) is 5.70. The van der Waals surface area contributed by atoms with E-state index in [2.05, 4.69) is 60.3 Å². The number of hydrogen-bond acceptors (Lipinski definition) is 13. The molecule has 4 heterocycles. The lowest BCUT2D eigenvalue weighted by molar-refractivity contribution is -0.134. The number of piperazine rings is 1. The van der Waals surface area contributed by atoms with Crippen LogP contribution in [0.1, 0.15) is 43.7 Å². The first-order chi connectivity index (χ1) is 24.9. The number of rotatable bonds is 19. The number of amides is 2. The van der Waals surface area contributed by atoms with Gasteiger partial charge in [-0.1, -0.05) is 37.1 Å². The van der Waals surface area contributed by atoms with Gasteiger partial charge in [-0.15, -0.1) is 23.5 Å². The van der Waals surface area contributed by atoms with Gasteiger partial charge < -0.3 is 40.1 Å². The van der Waals surface area contributed by atoms with E-state index in [-0.39, 0.29) is 24.4 Å². The molecule has 5 rings (SSSR count). The number of methoxy groups -OCH3 is 1. The van der Waals surface area contributed by atoms with Gasteiger partial charge in [-0.05, 0) is 24.1 Å². The second-order valence-corrected chi connectivity index (χ2v) is 14.8. The molecule has 0 radical (unpaired) electrons. The van der Waals surface area contributed by atoms with E-state index in [1.807, 2.05) is 17.2 Å². The Hall–Kier alpha value is -3.73. The number of nitrogen functional groups attached to an aromatic ring is 1. The monoisotopic (exact) mass is 741 g/mol. The number of oxime groups is 1. The Kier molecular flexibility index (Phi) is 15.4. The number of hydrogen-bond donors (Lipinski definition) is 3. The van der Waals surface area contributed by atoms with E-state index in [0.717, 1.165) is 101 Å². The molecule has 0 saturated carbocycles. The molecule has 3 aromatic rings. The number of aromatic nitrogens is 3. The fourth-order valence-corrected chi connectivity index (χ4v) is 8.01. The summed E-state index contributed by atoms with van der Waals surface area (Å²) in [5.74, 6) is 3.38. The molecule has 0 bridgehead atoms. The standard InChI is InChI=1S/C35H51N9O5S2/c1-3-4-5-10-38-34-33-29(39-35(36)40-34)8-12-44(33)21-27-7-6-26(19-30(27)47-2)20-42-13-15-43(16-14-42)32(46)9-17-48-18-11-37-31(45)22-49-41-28-23-50-25-51-24-28/h6-8,12,19H,3-5,9-11,13-18,20-25H2,1-2H3,(H,37,45)(H3,36,38,39,40). The first kappa shape index (κ1) is 38.5. The maximum atomic E-state index is 12.8. The molecule has 2 amide bonds. The zero-order valence-electron chi connectivity index (χ0n) is 29.7. The molecule has 4 N–H and O–H groups in total. The molecule has 1 aromatic carbocycles. The molecule has 0 spiro atoms. The number of anilines is 2. The summed E-state index contributed by atoms with van der Waals surface area (Å²) in [4.78, 5) is 43.1. The molecule has 2 aliphatic heterocycles. The van der Waals surface area contributed by atoms with E-state index in [1.54, 1.807) is 30.6 Å². The summed E-state index contributed by atoms with van der Waals surface area (Å²) < 4.78 is 13.6. The van der Waals surface area contributed by atoms with Crippen LogP contribution in [0.15, 0.2) is 35.6 Å². The third kappa shape index (κ3) is 11.9. The van der Waals surface area contributed by atoms with Crippen molar-refractivity contribution in [2.24, 2.45) is 5.16 Å². The lowest BCUT2D eigenvalue weighted by atomic mass is 10.1. The summed E-state index contributed by atoms with van der Waals surface area (Å²) in [5, 5.41) is 11.3. The number of fused-ring (bicyclic) bond motifs is 1. The van der Waals surface area contributed by atoms with Crippen LogP contribution in [-0.4, -0.2) is 125 Å². The predicted molar refractivity (Wildman–Crippen MR) is 206 cm³/mol. The molecule has 2 aliphatic rings. The van der Waals surface area contributed by atoms with Crippen LogP contribution >= 0.6 is 23.5 Å². The third-order valence-corrected chi connectivity index (χ3v) is 11.1. The van der Waals surface area contributed by atoms with Gasteiger partial charge in [-0.25, -0.2) is 4.98 Å². The number of thioether (sulfide) groups is 2. The van der Waals surface area contributed by atoms with Gasteiger partial charge in [0.1, 0.15) is 11.3 Å². The van der Waals surface area contributed by atoms with Crippen LogP contribution in [-0.2, 0) is 32.3 Å². The summed E-state index contributed by atoms with van der Waals surface area (Å²) in [5.41, 5.74) is 10.9. The smallest absolute Gasteiger partial charge is 0.260 e. The number of ether oxygens (including phenoxy) is 2. The van der Waals surface area contributed by atoms with Gasteiger partial charge in [0.15, 0.2) is 12.4 Å². The normalized spacial score (nSPS) is 15.2. The number of nitrogens with zero attached hydrogens (tertiary/aromatic N) is 6.